The van der Waals surface area contributed by atoms with Gasteiger partial charge in [-0.2, -0.15) is 0 Å². The number of benzene rings is 1. The van der Waals surface area contributed by atoms with Crippen molar-refractivity contribution in [3.05, 3.63) is 32.9 Å². The SMILES string of the molecule is Cc1ccc(I)c([C@@](C)(N)C(=O)O)c1. The first kappa shape index (κ1) is 11.5. The normalized spacial score (nSPS) is 14.9. The van der Waals surface area contributed by atoms with E-state index < -0.39 is 11.5 Å². The van der Waals surface area contributed by atoms with Crippen molar-refractivity contribution in [2.75, 3.05) is 0 Å². The Hall–Kier alpha value is -0.620. The van der Waals surface area contributed by atoms with Crippen LogP contribution in [0.2, 0.25) is 0 Å². The third-order valence-electron chi connectivity index (χ3n) is 2.13. The first-order chi connectivity index (χ1) is 6.35. The minimum atomic E-state index is -1.32. The highest BCUT2D eigenvalue weighted by Crippen LogP contribution is 2.24. The zero-order valence-electron chi connectivity index (χ0n) is 8.04. The molecular weight excluding hydrogens is 293 g/mol. The third-order valence-corrected chi connectivity index (χ3v) is 3.07. The average Bonchev–Trinajstić information content (AvgIpc) is 2.08. The summed E-state index contributed by atoms with van der Waals surface area (Å²) in [5, 5.41) is 8.98. The molecule has 14 heavy (non-hydrogen) atoms. The van der Waals surface area contributed by atoms with Crippen LogP contribution in [0.3, 0.4) is 0 Å². The molecular formula is C10H12INO2. The monoisotopic (exact) mass is 305 g/mol. The Kier molecular flexibility index (Phi) is 3.16. The molecule has 1 aromatic rings. The molecule has 0 aliphatic carbocycles. The topological polar surface area (TPSA) is 63.3 Å². The minimum Gasteiger partial charge on any atom is -0.480 e. The van der Waals surface area contributed by atoms with Gasteiger partial charge in [0, 0.05) is 3.57 Å². The molecule has 0 aliphatic rings. The zero-order valence-corrected chi connectivity index (χ0v) is 10.2. The molecule has 1 aromatic carbocycles. The molecule has 0 spiro atoms. The van der Waals surface area contributed by atoms with Gasteiger partial charge in [0.15, 0.2) is 0 Å². The predicted octanol–water partition coefficient (Wildman–Crippen LogP) is 1.86. The average molecular weight is 305 g/mol. The number of halogens is 1. The Labute approximate surface area is 96.4 Å². The summed E-state index contributed by atoms with van der Waals surface area (Å²) in [7, 11) is 0. The van der Waals surface area contributed by atoms with Gasteiger partial charge in [0.25, 0.3) is 0 Å². The summed E-state index contributed by atoms with van der Waals surface area (Å²) >= 11 is 2.09. The van der Waals surface area contributed by atoms with Crippen molar-refractivity contribution in [2.45, 2.75) is 19.4 Å². The summed E-state index contributed by atoms with van der Waals surface area (Å²) in [6, 6.07) is 5.62. The molecule has 0 aliphatic heterocycles. The van der Waals surface area contributed by atoms with Crippen LogP contribution in [0.4, 0.5) is 0 Å². The van der Waals surface area contributed by atoms with E-state index in [0.29, 0.717) is 5.56 Å². The van der Waals surface area contributed by atoms with Crippen LogP contribution in [0.25, 0.3) is 0 Å². The lowest BCUT2D eigenvalue weighted by Crippen LogP contribution is -2.42. The highest BCUT2D eigenvalue weighted by molar-refractivity contribution is 14.1. The number of hydrogen-bond donors (Lipinski definition) is 2. The molecule has 0 bridgehead atoms. The molecule has 0 saturated heterocycles. The molecule has 0 aromatic heterocycles. The van der Waals surface area contributed by atoms with Gasteiger partial charge >= 0.3 is 5.97 Å². The smallest absolute Gasteiger partial charge is 0.328 e. The van der Waals surface area contributed by atoms with Crippen molar-refractivity contribution in [1.29, 1.82) is 0 Å². The maximum absolute atomic E-state index is 11.0. The van der Waals surface area contributed by atoms with E-state index in [4.69, 9.17) is 10.8 Å². The van der Waals surface area contributed by atoms with Gasteiger partial charge < -0.3 is 10.8 Å². The Morgan fingerprint density at radius 3 is 2.64 bits per heavy atom. The van der Waals surface area contributed by atoms with Crippen LogP contribution in [0, 0.1) is 10.5 Å². The number of aliphatic carboxylic acids is 1. The van der Waals surface area contributed by atoms with E-state index in [-0.39, 0.29) is 0 Å². The standard InChI is InChI=1S/C10H12INO2/c1-6-3-4-8(11)7(5-6)10(2,12)9(13)14/h3-5H,12H2,1-2H3,(H,13,14)/t10-/m1/s1. The van der Waals surface area contributed by atoms with Crippen molar-refractivity contribution in [1.82, 2.24) is 0 Å². The van der Waals surface area contributed by atoms with E-state index >= 15 is 0 Å². The zero-order chi connectivity index (χ0) is 10.9. The van der Waals surface area contributed by atoms with E-state index in [1.54, 1.807) is 0 Å². The van der Waals surface area contributed by atoms with E-state index in [0.717, 1.165) is 9.13 Å². The van der Waals surface area contributed by atoms with E-state index in [9.17, 15) is 4.79 Å². The van der Waals surface area contributed by atoms with Crippen LogP contribution >= 0.6 is 22.6 Å². The molecule has 0 unspecified atom stereocenters. The second-order valence-corrected chi connectivity index (χ2v) is 4.65. The van der Waals surface area contributed by atoms with Crippen molar-refractivity contribution in [3.63, 3.8) is 0 Å². The summed E-state index contributed by atoms with van der Waals surface area (Å²) < 4.78 is 0.876. The second kappa shape index (κ2) is 3.86. The van der Waals surface area contributed by atoms with Gasteiger partial charge in [-0.3, -0.25) is 0 Å². The van der Waals surface area contributed by atoms with Gasteiger partial charge in [-0.25, -0.2) is 4.79 Å². The summed E-state index contributed by atoms with van der Waals surface area (Å²) in [6.07, 6.45) is 0. The minimum absolute atomic E-state index is 0.658. The molecule has 0 saturated carbocycles. The Balaban J connectivity index is 3.31. The molecule has 0 radical (unpaired) electrons. The first-order valence-corrected chi connectivity index (χ1v) is 5.22. The van der Waals surface area contributed by atoms with Crippen molar-refractivity contribution < 1.29 is 9.90 Å². The molecule has 1 atom stereocenters. The van der Waals surface area contributed by atoms with E-state index in [2.05, 4.69) is 22.6 Å². The van der Waals surface area contributed by atoms with Gasteiger partial charge in [-0.1, -0.05) is 17.7 Å². The van der Waals surface area contributed by atoms with Crippen LogP contribution in [0.1, 0.15) is 18.1 Å². The largest absolute Gasteiger partial charge is 0.480 e. The molecule has 1 rings (SSSR count). The number of aryl methyl sites for hydroxylation is 1. The van der Waals surface area contributed by atoms with E-state index in [1.165, 1.54) is 6.92 Å². The summed E-state index contributed by atoms with van der Waals surface area (Å²) in [5.74, 6) is -1.01. The Morgan fingerprint density at radius 1 is 1.57 bits per heavy atom. The number of hydrogen-bond acceptors (Lipinski definition) is 2. The lowest BCUT2D eigenvalue weighted by molar-refractivity contribution is -0.143. The fraction of sp³-hybridized carbons (Fsp3) is 0.300. The van der Waals surface area contributed by atoms with Crippen LogP contribution in [-0.4, -0.2) is 11.1 Å². The van der Waals surface area contributed by atoms with Crippen LogP contribution in [0.5, 0.6) is 0 Å². The van der Waals surface area contributed by atoms with Gasteiger partial charge in [0.2, 0.25) is 0 Å². The number of rotatable bonds is 2. The van der Waals surface area contributed by atoms with Crippen LogP contribution < -0.4 is 5.73 Å². The highest BCUT2D eigenvalue weighted by atomic mass is 127. The number of nitrogens with two attached hydrogens (primary N) is 1. The van der Waals surface area contributed by atoms with E-state index in [1.807, 2.05) is 25.1 Å². The Bertz CT molecular complexity index is 374. The third kappa shape index (κ3) is 2.06. The second-order valence-electron chi connectivity index (χ2n) is 3.49. The van der Waals surface area contributed by atoms with Crippen molar-refractivity contribution >= 4 is 28.6 Å². The van der Waals surface area contributed by atoms with Gasteiger partial charge in [0.05, 0.1) is 0 Å². The molecule has 0 fully saturated rings. The van der Waals surface area contributed by atoms with Gasteiger partial charge in [0.1, 0.15) is 5.54 Å². The summed E-state index contributed by atoms with van der Waals surface area (Å²) in [5.41, 5.74) is 6.10. The molecule has 0 heterocycles. The highest BCUT2D eigenvalue weighted by Gasteiger charge is 2.31. The molecule has 3 N–H and O–H groups in total. The lowest BCUT2D eigenvalue weighted by Gasteiger charge is -2.21. The molecule has 3 nitrogen and oxygen atoms in total. The molecule has 4 heteroatoms. The summed E-state index contributed by atoms with van der Waals surface area (Å²) in [6.45, 7) is 3.42. The van der Waals surface area contributed by atoms with Crippen LogP contribution in [0.15, 0.2) is 18.2 Å². The van der Waals surface area contributed by atoms with Crippen LogP contribution in [-0.2, 0) is 10.3 Å². The fourth-order valence-electron chi connectivity index (χ4n) is 1.15. The molecule has 76 valence electrons. The quantitative estimate of drug-likeness (QED) is 0.820. The van der Waals surface area contributed by atoms with Gasteiger partial charge in [-0.15, -0.1) is 0 Å². The van der Waals surface area contributed by atoms with Crippen molar-refractivity contribution in [2.24, 2.45) is 5.73 Å². The predicted molar refractivity (Wildman–Crippen MR) is 63.1 cm³/mol. The van der Waals surface area contributed by atoms with Gasteiger partial charge in [-0.05, 0) is 48.1 Å². The first-order valence-electron chi connectivity index (χ1n) is 4.14. The maximum Gasteiger partial charge on any atom is 0.328 e. The molecule has 0 amide bonds. The number of carbonyl (C=O) groups is 1. The summed E-state index contributed by atoms with van der Waals surface area (Å²) in [4.78, 5) is 11.0. The fourth-order valence-corrected chi connectivity index (χ4v) is 2.05. The number of carboxylic acid groups (broad SMARTS) is 1. The number of carboxylic acids is 1. The lowest BCUT2D eigenvalue weighted by atomic mass is 9.92. The van der Waals surface area contributed by atoms with Crippen molar-refractivity contribution in [3.8, 4) is 0 Å². The maximum atomic E-state index is 11.0. The Morgan fingerprint density at radius 2 is 2.14 bits per heavy atom.